The van der Waals surface area contributed by atoms with Gasteiger partial charge in [0.15, 0.2) is 0 Å². The van der Waals surface area contributed by atoms with Gasteiger partial charge in [0.25, 0.3) is 0 Å². The van der Waals surface area contributed by atoms with Crippen molar-refractivity contribution in [3.8, 4) is 17.3 Å². The van der Waals surface area contributed by atoms with E-state index in [1.807, 2.05) is 43.3 Å². The molecule has 4 heterocycles. The normalized spacial score (nSPS) is 17.1. The number of nitrogens with one attached hydrogen (secondary N) is 2. The molecule has 2 atom stereocenters. The Balaban J connectivity index is 1.32. The van der Waals surface area contributed by atoms with Crippen LogP contribution in [0.15, 0.2) is 48.8 Å². The van der Waals surface area contributed by atoms with Gasteiger partial charge in [0.2, 0.25) is 5.95 Å². The number of benzene rings is 1. The molecule has 3 aromatic heterocycles. The van der Waals surface area contributed by atoms with Gasteiger partial charge in [-0.2, -0.15) is 4.98 Å². The summed E-state index contributed by atoms with van der Waals surface area (Å²) in [5, 5.41) is 13.0. The lowest BCUT2D eigenvalue weighted by atomic mass is 9.84. The van der Waals surface area contributed by atoms with Crippen molar-refractivity contribution in [2.24, 2.45) is 5.41 Å². The summed E-state index contributed by atoms with van der Waals surface area (Å²) in [5.74, 6) is 1.27. The molecule has 1 amide bonds. The number of ether oxygens (including phenoxy) is 1. The number of fused-ring (bicyclic) bond motifs is 1. The van der Waals surface area contributed by atoms with Crippen LogP contribution in [0, 0.1) is 5.41 Å². The number of anilines is 2. The number of pyridine rings is 1. The Morgan fingerprint density at radius 1 is 1.15 bits per heavy atom. The highest BCUT2D eigenvalue weighted by Gasteiger charge is 2.39. The smallest absolute Gasteiger partial charge is 0.407 e. The van der Waals surface area contributed by atoms with Gasteiger partial charge in [-0.05, 0) is 55.2 Å². The molecule has 11 nitrogen and oxygen atoms in total. The second kappa shape index (κ2) is 11.1. The maximum absolute atomic E-state index is 11.8. The second-order valence-electron chi connectivity index (χ2n) is 11.1. The minimum atomic E-state index is -0.854. The first kappa shape index (κ1) is 27.3. The number of aromatic nitrogens is 5. The number of carbonyl (C=O) groups is 1. The van der Waals surface area contributed by atoms with Gasteiger partial charge >= 0.3 is 12.1 Å². The third-order valence-electron chi connectivity index (χ3n) is 7.40. The largest absolute Gasteiger partial charge is 0.465 e. The van der Waals surface area contributed by atoms with Crippen LogP contribution in [0.3, 0.4) is 0 Å². The molecule has 1 saturated heterocycles. The molecule has 1 fully saturated rings. The van der Waals surface area contributed by atoms with Crippen molar-refractivity contribution in [2.75, 3.05) is 31.6 Å². The first-order chi connectivity index (χ1) is 19.1. The van der Waals surface area contributed by atoms with E-state index in [0.29, 0.717) is 44.0 Å². The summed E-state index contributed by atoms with van der Waals surface area (Å²) in [7, 11) is 0. The predicted octanol–water partition coefficient (Wildman–Crippen LogP) is 5.33. The maximum atomic E-state index is 11.8. The van der Waals surface area contributed by atoms with E-state index in [9.17, 15) is 9.90 Å². The van der Waals surface area contributed by atoms with Gasteiger partial charge in [-0.15, -0.1) is 0 Å². The summed E-state index contributed by atoms with van der Waals surface area (Å²) in [6.45, 7) is 12.7. The Kier molecular flexibility index (Phi) is 7.57. The average molecular weight is 545 g/mol. The molecule has 3 N–H and O–H groups in total. The van der Waals surface area contributed by atoms with Crippen molar-refractivity contribution >= 4 is 28.9 Å². The number of rotatable bonds is 7. The quantitative estimate of drug-likeness (QED) is 0.282. The molecule has 0 bridgehead atoms. The lowest BCUT2D eigenvalue weighted by Gasteiger charge is -2.47. The van der Waals surface area contributed by atoms with E-state index in [1.54, 1.807) is 17.3 Å². The minimum Gasteiger partial charge on any atom is -0.465 e. The van der Waals surface area contributed by atoms with E-state index in [2.05, 4.69) is 62.8 Å². The van der Waals surface area contributed by atoms with E-state index < -0.39 is 6.09 Å². The zero-order chi connectivity index (χ0) is 28.4. The van der Waals surface area contributed by atoms with Crippen LogP contribution < -0.4 is 10.1 Å². The molecular weight excluding hydrogens is 508 g/mol. The van der Waals surface area contributed by atoms with Crippen LogP contribution in [-0.2, 0) is 0 Å². The molecule has 11 heteroatoms. The second-order valence-corrected chi connectivity index (χ2v) is 11.1. The fraction of sp³-hybridized carbons (Fsp3) is 0.414. The molecule has 1 aromatic carbocycles. The van der Waals surface area contributed by atoms with Gasteiger partial charge in [0, 0.05) is 43.6 Å². The molecule has 1 aliphatic rings. The number of aromatic amines is 1. The van der Waals surface area contributed by atoms with Gasteiger partial charge in [-0.1, -0.05) is 26.8 Å². The molecule has 0 aliphatic carbocycles. The standard InChI is InChI=1S/C29H36N8O3/c1-6-40-27-31-12-10-21(34-27)20-7-8-22-23(15-20)33-26(32-22)35-25-16-19(9-11-30-25)18(2)36-13-14-37(28(38)39)24(17-36)29(3,4)5/h7-12,15-16,18,24H,6,13-14,17H2,1-5H3,(H,38,39)(H2,30,32,33,35). The van der Waals surface area contributed by atoms with Crippen LogP contribution in [0.25, 0.3) is 22.3 Å². The molecule has 210 valence electrons. The molecule has 0 spiro atoms. The Hall–Kier alpha value is -4.25. The summed E-state index contributed by atoms with van der Waals surface area (Å²) < 4.78 is 5.44. The SMILES string of the molecule is CCOc1nccc(-c2ccc3nc(Nc4cc(C(C)N5CCN(C(=O)O)C(C(C)(C)C)C5)ccn4)[nH]c3c2)n1. The van der Waals surface area contributed by atoms with E-state index in [4.69, 9.17) is 4.74 Å². The third kappa shape index (κ3) is 5.84. The number of piperazine rings is 1. The molecule has 1 aliphatic heterocycles. The fourth-order valence-electron chi connectivity index (χ4n) is 5.16. The Morgan fingerprint density at radius 3 is 2.70 bits per heavy atom. The van der Waals surface area contributed by atoms with Crippen molar-refractivity contribution in [3.05, 3.63) is 54.4 Å². The van der Waals surface area contributed by atoms with Crippen molar-refractivity contribution in [1.82, 2.24) is 34.7 Å². The lowest BCUT2D eigenvalue weighted by Crippen LogP contribution is -2.59. The number of carboxylic acid groups (broad SMARTS) is 1. The molecule has 0 saturated carbocycles. The molecule has 0 radical (unpaired) electrons. The lowest BCUT2D eigenvalue weighted by molar-refractivity contribution is 0.00820. The number of amides is 1. The summed E-state index contributed by atoms with van der Waals surface area (Å²) in [4.78, 5) is 36.9. The summed E-state index contributed by atoms with van der Waals surface area (Å²) in [6, 6.07) is 12.2. The van der Waals surface area contributed by atoms with Crippen LogP contribution in [0.1, 0.15) is 46.2 Å². The molecule has 4 aromatic rings. The topological polar surface area (TPSA) is 132 Å². The summed E-state index contributed by atoms with van der Waals surface area (Å²) >= 11 is 0. The van der Waals surface area contributed by atoms with E-state index in [0.717, 1.165) is 27.9 Å². The fourth-order valence-corrected chi connectivity index (χ4v) is 5.16. The Bertz CT molecular complexity index is 1500. The molecule has 5 rings (SSSR count). The molecule has 40 heavy (non-hydrogen) atoms. The van der Waals surface area contributed by atoms with E-state index >= 15 is 0 Å². The van der Waals surface area contributed by atoms with Crippen LogP contribution in [0.2, 0.25) is 0 Å². The number of H-pyrrole nitrogens is 1. The van der Waals surface area contributed by atoms with Crippen molar-refractivity contribution in [3.63, 3.8) is 0 Å². The zero-order valence-electron chi connectivity index (χ0n) is 23.5. The molecular formula is C29H36N8O3. The average Bonchev–Trinajstić information content (AvgIpc) is 3.33. The Morgan fingerprint density at radius 2 is 1.95 bits per heavy atom. The van der Waals surface area contributed by atoms with Gasteiger partial charge in [-0.3, -0.25) is 4.90 Å². The van der Waals surface area contributed by atoms with Gasteiger partial charge in [-0.25, -0.2) is 19.7 Å². The molecule has 2 unspecified atom stereocenters. The monoisotopic (exact) mass is 544 g/mol. The first-order valence-corrected chi connectivity index (χ1v) is 13.5. The highest BCUT2D eigenvalue weighted by molar-refractivity contribution is 5.83. The van der Waals surface area contributed by atoms with Crippen molar-refractivity contribution in [1.29, 1.82) is 0 Å². The summed E-state index contributed by atoms with van der Waals surface area (Å²) in [5.41, 5.74) is 4.32. The van der Waals surface area contributed by atoms with Crippen LogP contribution in [0.5, 0.6) is 6.01 Å². The van der Waals surface area contributed by atoms with Crippen LogP contribution in [-0.4, -0.2) is 78.2 Å². The van der Waals surface area contributed by atoms with E-state index in [1.165, 1.54) is 0 Å². The van der Waals surface area contributed by atoms with Crippen molar-refractivity contribution < 1.29 is 14.6 Å². The van der Waals surface area contributed by atoms with Crippen molar-refractivity contribution in [2.45, 2.75) is 46.7 Å². The number of hydrogen-bond acceptors (Lipinski definition) is 8. The van der Waals surface area contributed by atoms with Crippen LogP contribution in [0.4, 0.5) is 16.6 Å². The third-order valence-corrected chi connectivity index (χ3v) is 7.40. The van der Waals surface area contributed by atoms with Gasteiger partial charge in [0.05, 0.1) is 29.4 Å². The zero-order valence-corrected chi connectivity index (χ0v) is 23.5. The number of hydrogen-bond donors (Lipinski definition) is 3. The highest BCUT2D eigenvalue weighted by Crippen LogP contribution is 2.32. The van der Waals surface area contributed by atoms with Gasteiger partial charge < -0.3 is 25.0 Å². The maximum Gasteiger partial charge on any atom is 0.407 e. The predicted molar refractivity (Wildman–Crippen MR) is 154 cm³/mol. The Labute approximate surface area is 233 Å². The first-order valence-electron chi connectivity index (χ1n) is 13.5. The van der Waals surface area contributed by atoms with Gasteiger partial charge in [0.1, 0.15) is 5.82 Å². The number of nitrogens with zero attached hydrogens (tertiary/aromatic N) is 6. The van der Waals surface area contributed by atoms with Crippen LogP contribution >= 0.6 is 0 Å². The highest BCUT2D eigenvalue weighted by atomic mass is 16.5. The summed E-state index contributed by atoms with van der Waals surface area (Å²) in [6.07, 6.45) is 2.62. The number of imidazole rings is 1. The van der Waals surface area contributed by atoms with E-state index in [-0.39, 0.29) is 17.5 Å². The minimum absolute atomic E-state index is 0.0887.